The van der Waals surface area contributed by atoms with Crippen LogP contribution in [-0.2, 0) is 0 Å². The van der Waals surface area contributed by atoms with Crippen molar-refractivity contribution in [1.82, 2.24) is 9.97 Å². The highest BCUT2D eigenvalue weighted by Crippen LogP contribution is 2.33. The number of aromatic nitrogens is 2. The summed E-state index contributed by atoms with van der Waals surface area (Å²) in [6, 6.07) is 0. The molecule has 7 heteroatoms. The molecule has 18 heavy (non-hydrogen) atoms. The summed E-state index contributed by atoms with van der Waals surface area (Å²) in [6.07, 6.45) is 4.57. The molecule has 0 atom stereocenters. The maximum Gasteiger partial charge on any atom is 0.349 e. The summed E-state index contributed by atoms with van der Waals surface area (Å²) in [6.45, 7) is 3.02. The van der Waals surface area contributed by atoms with Crippen molar-refractivity contribution in [3.8, 4) is 5.88 Å². The number of hydrogen-bond donors (Lipinski definition) is 1. The fourth-order valence-electron chi connectivity index (χ4n) is 1.56. The number of hydrogen-bond acceptors (Lipinski definition) is 6. The predicted molar refractivity (Wildman–Crippen MR) is 65.7 cm³/mol. The van der Waals surface area contributed by atoms with Gasteiger partial charge in [0.25, 0.3) is 5.88 Å². The first-order valence-corrected chi connectivity index (χ1v) is 6.08. The van der Waals surface area contributed by atoms with Gasteiger partial charge < -0.3 is 10.1 Å². The second kappa shape index (κ2) is 5.61. The van der Waals surface area contributed by atoms with Crippen LogP contribution < -0.4 is 10.1 Å². The van der Waals surface area contributed by atoms with E-state index in [0.717, 1.165) is 12.3 Å². The molecular formula is C11H16N4O3. The second-order valence-corrected chi connectivity index (χ2v) is 4.25. The first-order valence-electron chi connectivity index (χ1n) is 6.08. The van der Waals surface area contributed by atoms with Crippen molar-refractivity contribution < 1.29 is 9.66 Å². The lowest BCUT2D eigenvalue weighted by atomic mass is 10.3. The zero-order chi connectivity index (χ0) is 13.0. The van der Waals surface area contributed by atoms with Gasteiger partial charge in [-0.05, 0) is 19.3 Å². The van der Waals surface area contributed by atoms with Gasteiger partial charge in [0.15, 0.2) is 0 Å². The summed E-state index contributed by atoms with van der Waals surface area (Å²) in [5, 5.41) is 13.7. The van der Waals surface area contributed by atoms with Crippen molar-refractivity contribution in [3.63, 3.8) is 0 Å². The van der Waals surface area contributed by atoms with E-state index in [1.807, 2.05) is 6.92 Å². The molecule has 2 rings (SSSR count). The molecule has 98 valence electrons. The molecule has 1 heterocycles. The molecule has 7 nitrogen and oxygen atoms in total. The first kappa shape index (κ1) is 12.5. The van der Waals surface area contributed by atoms with E-state index in [0.29, 0.717) is 19.1 Å². The molecule has 1 aliphatic rings. The molecular weight excluding hydrogens is 236 g/mol. The second-order valence-electron chi connectivity index (χ2n) is 4.25. The van der Waals surface area contributed by atoms with Gasteiger partial charge in [-0.3, -0.25) is 10.1 Å². The van der Waals surface area contributed by atoms with E-state index in [2.05, 4.69) is 15.3 Å². The normalized spacial score (nSPS) is 14.3. The van der Waals surface area contributed by atoms with E-state index in [1.165, 1.54) is 19.0 Å². The Labute approximate surface area is 105 Å². The van der Waals surface area contributed by atoms with Crippen molar-refractivity contribution in [1.29, 1.82) is 0 Å². The highest BCUT2D eigenvalue weighted by Gasteiger charge is 2.23. The minimum atomic E-state index is -0.526. The highest BCUT2D eigenvalue weighted by atomic mass is 16.6. The SMILES string of the molecule is CCNc1ncc([N+](=O)[O-])c(OCCC2CC2)n1. The number of anilines is 1. The van der Waals surface area contributed by atoms with Gasteiger partial charge in [-0.25, -0.2) is 4.98 Å². The average molecular weight is 252 g/mol. The Hall–Kier alpha value is -1.92. The first-order chi connectivity index (χ1) is 8.70. The zero-order valence-corrected chi connectivity index (χ0v) is 10.3. The van der Waals surface area contributed by atoms with Crippen LogP contribution in [0.3, 0.4) is 0 Å². The van der Waals surface area contributed by atoms with Crippen molar-refractivity contribution in [3.05, 3.63) is 16.3 Å². The van der Waals surface area contributed by atoms with Crippen LogP contribution in [0.15, 0.2) is 6.20 Å². The number of nitrogens with one attached hydrogen (secondary N) is 1. The van der Waals surface area contributed by atoms with E-state index in [-0.39, 0.29) is 11.6 Å². The van der Waals surface area contributed by atoms with Gasteiger partial charge in [-0.1, -0.05) is 12.8 Å². The standard InChI is InChI=1S/C11H16N4O3/c1-2-12-11-13-7-9(15(16)17)10(14-11)18-6-5-8-3-4-8/h7-8H,2-6H2,1H3,(H,12,13,14). The largest absolute Gasteiger partial charge is 0.473 e. The minimum absolute atomic E-state index is 0.0478. The topological polar surface area (TPSA) is 90.2 Å². The number of rotatable bonds is 7. The number of nitrogens with zero attached hydrogens (tertiary/aromatic N) is 3. The van der Waals surface area contributed by atoms with E-state index in [1.54, 1.807) is 0 Å². The van der Waals surface area contributed by atoms with Crippen LogP contribution in [0.1, 0.15) is 26.2 Å². The van der Waals surface area contributed by atoms with Crippen LogP contribution in [0.4, 0.5) is 11.6 Å². The third kappa shape index (κ3) is 3.28. The lowest BCUT2D eigenvalue weighted by Crippen LogP contribution is -2.07. The fourth-order valence-corrected chi connectivity index (χ4v) is 1.56. The molecule has 1 aromatic rings. The molecule has 1 aliphatic carbocycles. The molecule has 0 aliphatic heterocycles. The van der Waals surface area contributed by atoms with Crippen molar-refractivity contribution in [2.24, 2.45) is 5.92 Å². The summed E-state index contributed by atoms with van der Waals surface area (Å²) >= 11 is 0. The molecule has 0 bridgehead atoms. The molecule has 0 amide bonds. The van der Waals surface area contributed by atoms with Gasteiger partial charge in [0.1, 0.15) is 6.20 Å². The van der Waals surface area contributed by atoms with Crippen LogP contribution >= 0.6 is 0 Å². The lowest BCUT2D eigenvalue weighted by Gasteiger charge is -2.07. The van der Waals surface area contributed by atoms with Gasteiger partial charge in [0.05, 0.1) is 11.5 Å². The zero-order valence-electron chi connectivity index (χ0n) is 10.3. The molecule has 1 aromatic heterocycles. The van der Waals surface area contributed by atoms with Gasteiger partial charge in [-0.2, -0.15) is 4.98 Å². The van der Waals surface area contributed by atoms with Gasteiger partial charge >= 0.3 is 5.69 Å². The van der Waals surface area contributed by atoms with Crippen LogP contribution in [0.5, 0.6) is 5.88 Å². The number of ether oxygens (including phenoxy) is 1. The molecule has 0 saturated heterocycles. The Kier molecular flexibility index (Phi) is 3.91. The molecule has 0 aromatic carbocycles. The number of nitro groups is 1. The maximum absolute atomic E-state index is 10.8. The molecule has 0 radical (unpaired) electrons. The molecule has 1 N–H and O–H groups in total. The Morgan fingerprint density at radius 1 is 1.61 bits per heavy atom. The van der Waals surface area contributed by atoms with Gasteiger partial charge in [0.2, 0.25) is 5.95 Å². The summed E-state index contributed by atoms with van der Waals surface area (Å²) in [7, 11) is 0. The quantitative estimate of drug-likeness (QED) is 0.589. The van der Waals surface area contributed by atoms with E-state index >= 15 is 0 Å². The highest BCUT2D eigenvalue weighted by molar-refractivity contribution is 5.43. The van der Waals surface area contributed by atoms with E-state index in [9.17, 15) is 10.1 Å². The summed E-state index contributed by atoms with van der Waals surface area (Å²) < 4.78 is 5.40. The molecule has 1 saturated carbocycles. The summed E-state index contributed by atoms with van der Waals surface area (Å²) in [5.74, 6) is 1.12. The Morgan fingerprint density at radius 2 is 2.39 bits per heavy atom. The molecule has 1 fully saturated rings. The maximum atomic E-state index is 10.8. The van der Waals surface area contributed by atoms with Gasteiger partial charge in [0, 0.05) is 6.54 Å². The van der Waals surface area contributed by atoms with Crippen molar-refractivity contribution >= 4 is 11.6 Å². The van der Waals surface area contributed by atoms with Crippen molar-refractivity contribution in [2.75, 3.05) is 18.5 Å². The monoisotopic (exact) mass is 252 g/mol. The average Bonchev–Trinajstić information content (AvgIpc) is 3.13. The minimum Gasteiger partial charge on any atom is -0.473 e. The van der Waals surface area contributed by atoms with Crippen LogP contribution in [0, 0.1) is 16.0 Å². The van der Waals surface area contributed by atoms with Crippen LogP contribution in [0.25, 0.3) is 0 Å². The fraction of sp³-hybridized carbons (Fsp3) is 0.636. The summed E-state index contributed by atoms with van der Waals surface area (Å²) in [5.41, 5.74) is -0.188. The lowest BCUT2D eigenvalue weighted by molar-refractivity contribution is -0.386. The Bertz CT molecular complexity index is 434. The smallest absolute Gasteiger partial charge is 0.349 e. The third-order valence-corrected chi connectivity index (χ3v) is 2.73. The predicted octanol–water partition coefficient (Wildman–Crippen LogP) is 2.00. The molecule has 0 unspecified atom stereocenters. The third-order valence-electron chi connectivity index (χ3n) is 2.73. The summed E-state index contributed by atoms with van der Waals surface area (Å²) in [4.78, 5) is 18.2. The Morgan fingerprint density at radius 3 is 3.00 bits per heavy atom. The van der Waals surface area contributed by atoms with Crippen molar-refractivity contribution in [2.45, 2.75) is 26.2 Å². The molecule has 0 spiro atoms. The van der Waals surface area contributed by atoms with Gasteiger partial charge in [-0.15, -0.1) is 0 Å². The Balaban J connectivity index is 2.05. The van der Waals surface area contributed by atoms with Crippen LogP contribution in [-0.4, -0.2) is 28.0 Å². The van der Waals surface area contributed by atoms with E-state index in [4.69, 9.17) is 4.74 Å². The van der Waals surface area contributed by atoms with E-state index < -0.39 is 4.92 Å². The van der Waals surface area contributed by atoms with Crippen LogP contribution in [0.2, 0.25) is 0 Å².